The van der Waals surface area contributed by atoms with Gasteiger partial charge in [-0.2, -0.15) is 0 Å². The van der Waals surface area contributed by atoms with Crippen LogP contribution >= 0.6 is 0 Å². The van der Waals surface area contributed by atoms with E-state index in [0.29, 0.717) is 24.6 Å². The highest BCUT2D eigenvalue weighted by Gasteiger charge is 2.19. The van der Waals surface area contributed by atoms with Gasteiger partial charge in [-0.15, -0.1) is 0 Å². The van der Waals surface area contributed by atoms with Crippen LogP contribution in [0.15, 0.2) is 36.5 Å². The monoisotopic (exact) mass is 231 g/mol. The van der Waals surface area contributed by atoms with E-state index in [0.717, 1.165) is 11.0 Å². The van der Waals surface area contributed by atoms with Gasteiger partial charge < -0.3 is 0 Å². The third kappa shape index (κ3) is 1.85. The Kier molecular flexibility index (Phi) is 2.26. The van der Waals surface area contributed by atoms with E-state index in [1.807, 2.05) is 0 Å². The number of rotatable bonds is 1. The molecule has 0 aliphatic carbocycles. The van der Waals surface area contributed by atoms with Gasteiger partial charge in [0.15, 0.2) is 0 Å². The molecule has 1 aromatic heterocycles. The molecular formula is C12H10FN3O. The van der Waals surface area contributed by atoms with Crippen molar-refractivity contribution in [3.63, 3.8) is 0 Å². The number of hydrogen-bond acceptors (Lipinski definition) is 4. The summed E-state index contributed by atoms with van der Waals surface area (Å²) in [6.45, 7) is 4.87. The summed E-state index contributed by atoms with van der Waals surface area (Å²) >= 11 is 0. The normalized spacial score (nSPS) is 15.8. The molecule has 4 nitrogen and oxygen atoms in total. The van der Waals surface area contributed by atoms with Gasteiger partial charge in [0.1, 0.15) is 5.82 Å². The van der Waals surface area contributed by atoms with Crippen molar-refractivity contribution in [3.8, 4) is 0 Å². The zero-order valence-corrected chi connectivity index (χ0v) is 9.06. The van der Waals surface area contributed by atoms with Crippen LogP contribution in [0.3, 0.4) is 0 Å². The van der Waals surface area contributed by atoms with Crippen LogP contribution in [0.2, 0.25) is 0 Å². The SMILES string of the molecule is C=C1CON(c2ncc3ccc(F)cc3n2)C1. The second kappa shape index (κ2) is 3.78. The molecule has 0 radical (unpaired) electrons. The van der Waals surface area contributed by atoms with Crippen molar-refractivity contribution in [2.45, 2.75) is 0 Å². The van der Waals surface area contributed by atoms with Gasteiger partial charge in [-0.1, -0.05) is 6.58 Å². The first-order valence-electron chi connectivity index (χ1n) is 5.22. The van der Waals surface area contributed by atoms with Crippen molar-refractivity contribution in [3.05, 3.63) is 42.4 Å². The van der Waals surface area contributed by atoms with Gasteiger partial charge in [0.05, 0.1) is 18.7 Å². The topological polar surface area (TPSA) is 38.2 Å². The Bertz CT molecular complexity index is 599. The quantitative estimate of drug-likeness (QED) is 0.704. The average Bonchev–Trinajstić information content (AvgIpc) is 2.75. The summed E-state index contributed by atoms with van der Waals surface area (Å²) in [7, 11) is 0. The standard InChI is InChI=1S/C12H10FN3O/c1-8-6-16(17-7-8)12-14-5-9-2-3-10(13)4-11(9)15-12/h2-5H,1,6-7H2. The van der Waals surface area contributed by atoms with Crippen molar-refractivity contribution < 1.29 is 9.23 Å². The summed E-state index contributed by atoms with van der Waals surface area (Å²) in [5.74, 6) is 0.121. The number of nitrogens with zero attached hydrogens (tertiary/aromatic N) is 3. The highest BCUT2D eigenvalue weighted by Crippen LogP contribution is 2.20. The van der Waals surface area contributed by atoms with Crippen molar-refractivity contribution in [2.24, 2.45) is 0 Å². The molecule has 1 aliphatic rings. The molecule has 2 aromatic rings. The minimum atomic E-state index is -0.311. The third-order valence-corrected chi connectivity index (χ3v) is 2.55. The molecule has 0 unspecified atom stereocenters. The smallest absolute Gasteiger partial charge is 0.250 e. The maximum Gasteiger partial charge on any atom is 0.250 e. The molecule has 1 fully saturated rings. The number of benzene rings is 1. The van der Waals surface area contributed by atoms with Crippen molar-refractivity contribution in [1.82, 2.24) is 9.97 Å². The summed E-state index contributed by atoms with van der Waals surface area (Å²) in [6, 6.07) is 4.42. The molecule has 0 atom stereocenters. The molecule has 17 heavy (non-hydrogen) atoms. The van der Waals surface area contributed by atoms with Crippen LogP contribution in [0.1, 0.15) is 0 Å². The fraction of sp³-hybridized carbons (Fsp3) is 0.167. The van der Waals surface area contributed by atoms with Gasteiger partial charge in [-0.05, 0) is 17.7 Å². The largest absolute Gasteiger partial charge is 0.266 e. The first-order valence-corrected chi connectivity index (χ1v) is 5.22. The summed E-state index contributed by atoms with van der Waals surface area (Å²) in [5, 5.41) is 2.36. The first-order chi connectivity index (χ1) is 8.22. The molecule has 3 rings (SSSR count). The minimum absolute atomic E-state index is 0.311. The van der Waals surface area contributed by atoms with Gasteiger partial charge in [0.25, 0.3) is 5.95 Å². The van der Waals surface area contributed by atoms with E-state index in [-0.39, 0.29) is 5.82 Å². The minimum Gasteiger partial charge on any atom is -0.266 e. The van der Waals surface area contributed by atoms with Crippen LogP contribution in [0.4, 0.5) is 10.3 Å². The number of aromatic nitrogens is 2. The van der Waals surface area contributed by atoms with Gasteiger partial charge in [-0.3, -0.25) is 4.84 Å². The number of hydrogen-bond donors (Lipinski definition) is 0. The molecular weight excluding hydrogens is 221 g/mol. The Morgan fingerprint density at radius 1 is 1.41 bits per heavy atom. The zero-order valence-electron chi connectivity index (χ0n) is 9.06. The van der Waals surface area contributed by atoms with Crippen LogP contribution in [0.25, 0.3) is 10.9 Å². The Labute approximate surface area is 97.3 Å². The molecule has 0 amide bonds. The zero-order chi connectivity index (χ0) is 11.8. The number of hydroxylamine groups is 1. The number of halogens is 1. The van der Waals surface area contributed by atoms with E-state index in [2.05, 4.69) is 16.5 Å². The van der Waals surface area contributed by atoms with Crippen LogP contribution in [0, 0.1) is 5.82 Å². The molecule has 86 valence electrons. The predicted molar refractivity (Wildman–Crippen MR) is 61.9 cm³/mol. The summed E-state index contributed by atoms with van der Waals surface area (Å²) < 4.78 is 13.1. The predicted octanol–water partition coefficient (Wildman–Crippen LogP) is 2.08. The second-order valence-electron chi connectivity index (χ2n) is 3.93. The summed E-state index contributed by atoms with van der Waals surface area (Å²) in [5.41, 5.74) is 1.53. The Morgan fingerprint density at radius 2 is 2.29 bits per heavy atom. The maximum absolute atomic E-state index is 13.1. The number of anilines is 1. The molecule has 1 aromatic carbocycles. The van der Waals surface area contributed by atoms with Crippen molar-refractivity contribution in [2.75, 3.05) is 18.2 Å². The van der Waals surface area contributed by atoms with Crippen LogP contribution in [0.5, 0.6) is 0 Å². The fourth-order valence-corrected chi connectivity index (χ4v) is 1.70. The van der Waals surface area contributed by atoms with Crippen molar-refractivity contribution in [1.29, 1.82) is 0 Å². The lowest BCUT2D eigenvalue weighted by molar-refractivity contribution is 0.170. The Hall–Kier alpha value is -2.01. The molecule has 1 aliphatic heterocycles. The Balaban J connectivity index is 2.03. The molecule has 0 saturated carbocycles. The van der Waals surface area contributed by atoms with Gasteiger partial charge in [0, 0.05) is 17.6 Å². The highest BCUT2D eigenvalue weighted by atomic mass is 19.1. The van der Waals surface area contributed by atoms with Crippen molar-refractivity contribution >= 4 is 16.9 Å². The summed E-state index contributed by atoms with van der Waals surface area (Å²) in [6.07, 6.45) is 1.65. The van der Waals surface area contributed by atoms with Gasteiger partial charge >= 0.3 is 0 Å². The van der Waals surface area contributed by atoms with E-state index >= 15 is 0 Å². The van der Waals surface area contributed by atoms with Gasteiger partial charge in [0.2, 0.25) is 0 Å². The molecule has 0 N–H and O–H groups in total. The lowest BCUT2D eigenvalue weighted by atomic mass is 10.2. The second-order valence-corrected chi connectivity index (χ2v) is 3.93. The van der Waals surface area contributed by atoms with Gasteiger partial charge in [-0.25, -0.2) is 19.4 Å². The molecule has 1 saturated heterocycles. The average molecular weight is 231 g/mol. The Morgan fingerprint density at radius 3 is 3.06 bits per heavy atom. The van der Waals surface area contributed by atoms with Crippen LogP contribution in [-0.4, -0.2) is 23.1 Å². The molecule has 0 spiro atoms. The molecule has 2 heterocycles. The van der Waals surface area contributed by atoms with E-state index in [1.165, 1.54) is 12.1 Å². The third-order valence-electron chi connectivity index (χ3n) is 2.55. The van der Waals surface area contributed by atoms with Crippen LogP contribution < -0.4 is 5.06 Å². The number of fused-ring (bicyclic) bond motifs is 1. The van der Waals surface area contributed by atoms with E-state index in [1.54, 1.807) is 17.3 Å². The maximum atomic E-state index is 13.1. The summed E-state index contributed by atoms with van der Waals surface area (Å²) in [4.78, 5) is 13.8. The fourth-order valence-electron chi connectivity index (χ4n) is 1.70. The van der Waals surface area contributed by atoms with E-state index in [4.69, 9.17) is 4.84 Å². The van der Waals surface area contributed by atoms with Crippen LogP contribution in [-0.2, 0) is 4.84 Å². The lowest BCUT2D eigenvalue weighted by Gasteiger charge is -2.13. The van der Waals surface area contributed by atoms with E-state index in [9.17, 15) is 4.39 Å². The first kappa shape index (κ1) is 10.2. The van der Waals surface area contributed by atoms with E-state index < -0.39 is 0 Å². The lowest BCUT2D eigenvalue weighted by Crippen LogP contribution is -2.19. The molecule has 5 heteroatoms. The molecule has 0 bridgehead atoms. The highest BCUT2D eigenvalue weighted by molar-refractivity contribution is 5.78.